The van der Waals surface area contributed by atoms with E-state index in [1.165, 1.54) is 39.8 Å². The van der Waals surface area contributed by atoms with E-state index in [9.17, 15) is 0 Å². The highest BCUT2D eigenvalue weighted by Crippen LogP contribution is 2.37. The van der Waals surface area contributed by atoms with Crippen LogP contribution in [-0.2, 0) is 0 Å². The highest BCUT2D eigenvalue weighted by molar-refractivity contribution is 7.20. The molecule has 0 fully saturated rings. The fourth-order valence-electron chi connectivity index (χ4n) is 2.63. The van der Waals surface area contributed by atoms with Gasteiger partial charge in [0.1, 0.15) is 5.75 Å². The van der Waals surface area contributed by atoms with Gasteiger partial charge in [-0.3, -0.25) is 0 Å². The molecule has 1 atom stereocenters. The lowest BCUT2D eigenvalue weighted by Gasteiger charge is -2.16. The Morgan fingerprint density at radius 2 is 2.17 bits per heavy atom. The first-order valence-electron chi connectivity index (χ1n) is 6.55. The van der Waals surface area contributed by atoms with Crippen molar-refractivity contribution in [2.75, 3.05) is 7.11 Å². The van der Waals surface area contributed by atoms with Crippen molar-refractivity contribution in [2.24, 2.45) is 5.92 Å². The highest BCUT2D eigenvalue weighted by atomic mass is 32.1. The summed E-state index contributed by atoms with van der Waals surface area (Å²) in [5, 5.41) is 1.33. The minimum Gasteiger partial charge on any atom is -0.497 e. The molecule has 18 heavy (non-hydrogen) atoms. The lowest BCUT2D eigenvalue weighted by Crippen LogP contribution is -1.98. The second-order valence-corrected chi connectivity index (χ2v) is 6.16. The van der Waals surface area contributed by atoms with Crippen LogP contribution in [0.4, 0.5) is 0 Å². The number of ether oxygens (including phenoxy) is 1. The minimum atomic E-state index is 0.730. The van der Waals surface area contributed by atoms with Gasteiger partial charge in [-0.2, -0.15) is 0 Å². The summed E-state index contributed by atoms with van der Waals surface area (Å²) in [5.74, 6) is 1.68. The van der Waals surface area contributed by atoms with Crippen molar-refractivity contribution in [1.29, 1.82) is 0 Å². The zero-order chi connectivity index (χ0) is 12.5. The van der Waals surface area contributed by atoms with Crippen LogP contribution in [0, 0.1) is 5.92 Å². The van der Waals surface area contributed by atoms with Crippen LogP contribution in [-0.4, -0.2) is 7.11 Å². The summed E-state index contributed by atoms with van der Waals surface area (Å²) < 4.78 is 6.61. The molecule has 1 aliphatic carbocycles. The molecule has 0 N–H and O–H groups in total. The number of allylic oxidation sites excluding steroid dienone is 2. The zero-order valence-corrected chi connectivity index (χ0v) is 11.7. The van der Waals surface area contributed by atoms with Crippen molar-refractivity contribution in [3.63, 3.8) is 0 Å². The lowest BCUT2D eigenvalue weighted by atomic mass is 9.91. The molecule has 1 aromatic carbocycles. The quantitative estimate of drug-likeness (QED) is 0.727. The topological polar surface area (TPSA) is 9.23 Å². The van der Waals surface area contributed by atoms with E-state index in [4.69, 9.17) is 4.74 Å². The number of methoxy groups -OCH3 is 1. The normalized spacial score (nSPS) is 19.9. The number of benzene rings is 1. The van der Waals surface area contributed by atoms with Gasteiger partial charge in [0.25, 0.3) is 0 Å². The average Bonchev–Trinajstić information content (AvgIpc) is 2.81. The molecular weight excluding hydrogens is 240 g/mol. The van der Waals surface area contributed by atoms with E-state index in [-0.39, 0.29) is 0 Å². The molecule has 1 heterocycles. The minimum absolute atomic E-state index is 0.730. The van der Waals surface area contributed by atoms with Crippen LogP contribution in [0.25, 0.3) is 15.7 Å². The molecule has 2 heteroatoms. The molecule has 0 aliphatic heterocycles. The summed E-state index contributed by atoms with van der Waals surface area (Å²) in [5.41, 5.74) is 1.54. The van der Waals surface area contributed by atoms with Crippen LogP contribution in [0.3, 0.4) is 0 Å². The van der Waals surface area contributed by atoms with Gasteiger partial charge < -0.3 is 4.74 Å². The van der Waals surface area contributed by atoms with E-state index in [2.05, 4.69) is 31.2 Å². The predicted molar refractivity (Wildman–Crippen MR) is 79.4 cm³/mol. The maximum absolute atomic E-state index is 5.29. The molecule has 94 valence electrons. The molecule has 1 aliphatic rings. The van der Waals surface area contributed by atoms with Gasteiger partial charge in [-0.15, -0.1) is 11.3 Å². The van der Waals surface area contributed by atoms with Crippen LogP contribution < -0.4 is 4.74 Å². The summed E-state index contributed by atoms with van der Waals surface area (Å²) in [6.07, 6.45) is 6.34. The number of hydrogen-bond donors (Lipinski definition) is 0. The Kier molecular flexibility index (Phi) is 3.13. The fraction of sp³-hybridized carbons (Fsp3) is 0.375. The lowest BCUT2D eigenvalue weighted by molar-refractivity contribution is 0.415. The standard InChI is InChI=1S/C16H18OS/c1-11-4-3-5-12(8-11)15-9-13-6-7-14(17-2)10-16(13)18-15/h6-11H,3-5H2,1-2H3. The van der Waals surface area contributed by atoms with Crippen molar-refractivity contribution >= 4 is 27.0 Å². The predicted octanol–water partition coefficient (Wildman–Crippen LogP) is 5.11. The van der Waals surface area contributed by atoms with Gasteiger partial charge in [0.15, 0.2) is 0 Å². The van der Waals surface area contributed by atoms with Crippen molar-refractivity contribution < 1.29 is 4.74 Å². The molecule has 1 unspecified atom stereocenters. The van der Waals surface area contributed by atoms with Gasteiger partial charge in [-0.25, -0.2) is 0 Å². The van der Waals surface area contributed by atoms with Gasteiger partial charge in [-0.1, -0.05) is 13.0 Å². The van der Waals surface area contributed by atoms with Crippen LogP contribution in [0.15, 0.2) is 30.3 Å². The number of thiophene rings is 1. The van der Waals surface area contributed by atoms with E-state index in [1.807, 2.05) is 17.4 Å². The molecule has 3 rings (SSSR count). The monoisotopic (exact) mass is 258 g/mol. The number of rotatable bonds is 2. The maximum atomic E-state index is 5.29. The smallest absolute Gasteiger partial charge is 0.120 e. The molecule has 0 spiro atoms. The average molecular weight is 258 g/mol. The van der Waals surface area contributed by atoms with Crippen LogP contribution in [0.2, 0.25) is 0 Å². The SMILES string of the molecule is COc1ccc2cc(C3=CC(C)CCC3)sc2c1. The largest absolute Gasteiger partial charge is 0.497 e. The summed E-state index contributed by atoms with van der Waals surface area (Å²) in [7, 11) is 1.72. The molecular formula is C16H18OS. The summed E-state index contributed by atoms with van der Waals surface area (Å²) in [6.45, 7) is 2.31. The second-order valence-electron chi connectivity index (χ2n) is 5.08. The molecule has 0 bridgehead atoms. The second kappa shape index (κ2) is 4.77. The fourth-order valence-corrected chi connectivity index (χ4v) is 3.77. The van der Waals surface area contributed by atoms with Crippen molar-refractivity contribution in [3.8, 4) is 5.75 Å². The van der Waals surface area contributed by atoms with E-state index in [0.29, 0.717) is 0 Å². The van der Waals surface area contributed by atoms with Gasteiger partial charge in [0.05, 0.1) is 7.11 Å². The molecule has 0 saturated heterocycles. The molecule has 0 saturated carbocycles. The zero-order valence-electron chi connectivity index (χ0n) is 10.9. The van der Waals surface area contributed by atoms with Crippen LogP contribution in [0.1, 0.15) is 31.1 Å². The van der Waals surface area contributed by atoms with Crippen molar-refractivity contribution in [2.45, 2.75) is 26.2 Å². The molecule has 2 aromatic rings. The Morgan fingerprint density at radius 1 is 1.28 bits per heavy atom. The molecule has 1 aromatic heterocycles. The molecule has 0 radical (unpaired) electrons. The summed E-state index contributed by atoms with van der Waals surface area (Å²) in [4.78, 5) is 1.44. The van der Waals surface area contributed by atoms with E-state index >= 15 is 0 Å². The Hall–Kier alpha value is -1.28. The summed E-state index contributed by atoms with van der Waals surface area (Å²) in [6, 6.07) is 8.65. The molecule has 0 amide bonds. The Morgan fingerprint density at radius 3 is 2.94 bits per heavy atom. The third kappa shape index (κ3) is 2.17. The van der Waals surface area contributed by atoms with Crippen molar-refractivity contribution in [3.05, 3.63) is 35.2 Å². The van der Waals surface area contributed by atoms with E-state index < -0.39 is 0 Å². The first-order valence-corrected chi connectivity index (χ1v) is 7.36. The highest BCUT2D eigenvalue weighted by Gasteiger charge is 2.13. The Labute approximate surface area is 112 Å². The third-order valence-electron chi connectivity index (χ3n) is 3.64. The Balaban J connectivity index is 2.02. The number of hydrogen-bond acceptors (Lipinski definition) is 2. The van der Waals surface area contributed by atoms with Crippen LogP contribution >= 0.6 is 11.3 Å². The van der Waals surface area contributed by atoms with Gasteiger partial charge in [-0.05, 0) is 60.4 Å². The Bertz CT molecular complexity index is 594. The van der Waals surface area contributed by atoms with Gasteiger partial charge in [0.2, 0.25) is 0 Å². The van der Waals surface area contributed by atoms with E-state index in [0.717, 1.165) is 11.7 Å². The van der Waals surface area contributed by atoms with Crippen molar-refractivity contribution in [1.82, 2.24) is 0 Å². The first kappa shape index (κ1) is 11.8. The van der Waals surface area contributed by atoms with Gasteiger partial charge in [0, 0.05) is 9.58 Å². The molecule has 1 nitrogen and oxygen atoms in total. The third-order valence-corrected chi connectivity index (χ3v) is 4.81. The number of fused-ring (bicyclic) bond motifs is 1. The van der Waals surface area contributed by atoms with E-state index in [1.54, 1.807) is 7.11 Å². The van der Waals surface area contributed by atoms with Crippen LogP contribution in [0.5, 0.6) is 5.75 Å². The van der Waals surface area contributed by atoms with Gasteiger partial charge >= 0.3 is 0 Å². The first-order chi connectivity index (χ1) is 8.76. The maximum Gasteiger partial charge on any atom is 0.120 e. The summed E-state index contributed by atoms with van der Waals surface area (Å²) >= 11 is 1.89.